The van der Waals surface area contributed by atoms with Gasteiger partial charge in [0.2, 0.25) is 5.91 Å². The van der Waals surface area contributed by atoms with Crippen molar-refractivity contribution < 1.29 is 9.59 Å². The van der Waals surface area contributed by atoms with Gasteiger partial charge in [-0.05, 0) is 18.6 Å². The maximum absolute atomic E-state index is 11.6. The quantitative estimate of drug-likeness (QED) is 0.828. The van der Waals surface area contributed by atoms with Gasteiger partial charge in [0, 0.05) is 19.3 Å². The summed E-state index contributed by atoms with van der Waals surface area (Å²) in [7, 11) is 1.80. The summed E-state index contributed by atoms with van der Waals surface area (Å²) in [4.78, 5) is 24.6. The van der Waals surface area contributed by atoms with Gasteiger partial charge < -0.3 is 10.2 Å². The number of anilines is 1. The average molecular weight is 249 g/mol. The number of carbonyl (C=O) groups excluding carboxylic acids is 2. The van der Waals surface area contributed by atoms with E-state index in [1.54, 1.807) is 11.9 Å². The highest BCUT2D eigenvalue weighted by molar-refractivity contribution is 5.96. The monoisotopic (exact) mass is 249 g/mol. The first kappa shape index (κ1) is 14.0. The minimum absolute atomic E-state index is 0.142. The molecule has 5 nitrogen and oxygen atoms in total. The van der Waals surface area contributed by atoms with E-state index in [1.807, 2.05) is 37.3 Å². The van der Waals surface area contributed by atoms with Crippen molar-refractivity contribution in [3.8, 4) is 0 Å². The molecule has 1 aromatic carbocycles. The van der Waals surface area contributed by atoms with Gasteiger partial charge in [0.25, 0.3) is 0 Å². The van der Waals surface area contributed by atoms with Gasteiger partial charge in [0.05, 0.1) is 6.54 Å². The third-order valence-electron chi connectivity index (χ3n) is 2.37. The summed E-state index contributed by atoms with van der Waals surface area (Å²) in [6.07, 6.45) is 0.839. The molecule has 98 valence electrons. The van der Waals surface area contributed by atoms with Crippen LogP contribution in [0.15, 0.2) is 30.3 Å². The van der Waals surface area contributed by atoms with Crippen LogP contribution in [-0.4, -0.2) is 32.1 Å². The summed E-state index contributed by atoms with van der Waals surface area (Å²) >= 11 is 0. The number of amides is 3. The Kier molecular flexibility index (Phi) is 5.70. The first-order valence-corrected chi connectivity index (χ1v) is 5.97. The van der Waals surface area contributed by atoms with Crippen LogP contribution in [0.1, 0.15) is 13.3 Å². The van der Waals surface area contributed by atoms with Crippen LogP contribution in [0.2, 0.25) is 0 Å². The summed E-state index contributed by atoms with van der Waals surface area (Å²) in [5.74, 6) is -0.324. The lowest BCUT2D eigenvalue weighted by Gasteiger charge is -2.18. The zero-order valence-electron chi connectivity index (χ0n) is 10.8. The lowest BCUT2D eigenvalue weighted by Crippen LogP contribution is -2.44. The second-order valence-corrected chi connectivity index (χ2v) is 4.00. The number of rotatable bonds is 5. The van der Waals surface area contributed by atoms with Crippen molar-refractivity contribution in [1.82, 2.24) is 10.6 Å². The molecule has 0 aromatic heterocycles. The number of imide groups is 1. The van der Waals surface area contributed by atoms with Crippen LogP contribution in [0, 0.1) is 0 Å². The van der Waals surface area contributed by atoms with E-state index in [1.165, 1.54) is 0 Å². The van der Waals surface area contributed by atoms with Crippen LogP contribution in [-0.2, 0) is 4.79 Å². The molecule has 18 heavy (non-hydrogen) atoms. The van der Waals surface area contributed by atoms with Crippen LogP contribution in [0.4, 0.5) is 10.5 Å². The fourth-order valence-electron chi connectivity index (χ4n) is 1.44. The number of urea groups is 1. The predicted molar refractivity (Wildman–Crippen MR) is 71.5 cm³/mol. The largest absolute Gasteiger partial charge is 0.365 e. The Morgan fingerprint density at radius 1 is 1.22 bits per heavy atom. The van der Waals surface area contributed by atoms with E-state index in [0.717, 1.165) is 12.1 Å². The molecule has 0 aliphatic carbocycles. The highest BCUT2D eigenvalue weighted by Gasteiger charge is 2.10. The molecule has 0 aliphatic heterocycles. The van der Waals surface area contributed by atoms with Crippen LogP contribution in [0.25, 0.3) is 0 Å². The molecule has 0 radical (unpaired) electrons. The fourth-order valence-corrected chi connectivity index (χ4v) is 1.44. The van der Waals surface area contributed by atoms with Crippen molar-refractivity contribution >= 4 is 17.6 Å². The average Bonchev–Trinajstić information content (AvgIpc) is 2.37. The number of nitrogens with zero attached hydrogens (tertiary/aromatic N) is 1. The Morgan fingerprint density at radius 3 is 2.50 bits per heavy atom. The number of para-hydroxylation sites is 1. The van der Waals surface area contributed by atoms with Crippen molar-refractivity contribution in [3.63, 3.8) is 0 Å². The zero-order valence-corrected chi connectivity index (χ0v) is 10.8. The highest BCUT2D eigenvalue weighted by Crippen LogP contribution is 2.09. The second-order valence-electron chi connectivity index (χ2n) is 4.00. The Hall–Kier alpha value is -2.04. The number of carbonyl (C=O) groups is 2. The van der Waals surface area contributed by atoms with E-state index in [-0.39, 0.29) is 12.5 Å². The minimum atomic E-state index is -0.441. The van der Waals surface area contributed by atoms with Crippen molar-refractivity contribution in [1.29, 1.82) is 0 Å². The Balaban J connectivity index is 2.38. The summed E-state index contributed by atoms with van der Waals surface area (Å²) in [5, 5.41) is 4.87. The first-order chi connectivity index (χ1) is 8.63. The van der Waals surface area contributed by atoms with Gasteiger partial charge in [-0.15, -0.1) is 0 Å². The number of benzene rings is 1. The van der Waals surface area contributed by atoms with Gasteiger partial charge in [-0.25, -0.2) is 4.79 Å². The molecule has 2 N–H and O–H groups in total. The van der Waals surface area contributed by atoms with Gasteiger partial charge in [-0.3, -0.25) is 10.1 Å². The third kappa shape index (κ3) is 4.86. The van der Waals surface area contributed by atoms with Gasteiger partial charge in [0.15, 0.2) is 0 Å². The lowest BCUT2D eigenvalue weighted by molar-refractivity contribution is -0.118. The highest BCUT2D eigenvalue weighted by atomic mass is 16.2. The number of hydrogen-bond acceptors (Lipinski definition) is 3. The first-order valence-electron chi connectivity index (χ1n) is 5.97. The van der Waals surface area contributed by atoms with Crippen molar-refractivity contribution in [2.45, 2.75) is 13.3 Å². The van der Waals surface area contributed by atoms with Gasteiger partial charge in [-0.2, -0.15) is 0 Å². The maximum atomic E-state index is 11.6. The van der Waals surface area contributed by atoms with Crippen LogP contribution >= 0.6 is 0 Å². The molecule has 0 saturated heterocycles. The molecule has 0 spiro atoms. The number of likely N-dealkylation sites (N-methyl/N-ethyl adjacent to an activating group) is 1. The molecule has 0 fully saturated rings. The Bertz CT molecular complexity index is 392. The standard InChI is InChI=1S/C13H19N3O2/c1-3-9-14-13(18)15-12(17)10-16(2)11-7-5-4-6-8-11/h4-8H,3,9-10H2,1-2H3,(H2,14,15,17,18). The topological polar surface area (TPSA) is 61.4 Å². The van der Waals surface area contributed by atoms with E-state index >= 15 is 0 Å². The maximum Gasteiger partial charge on any atom is 0.321 e. The molecule has 0 saturated carbocycles. The van der Waals surface area contributed by atoms with E-state index in [9.17, 15) is 9.59 Å². The zero-order chi connectivity index (χ0) is 13.4. The van der Waals surface area contributed by atoms with Crippen LogP contribution < -0.4 is 15.5 Å². The molecular weight excluding hydrogens is 230 g/mol. The molecule has 0 atom stereocenters. The SMILES string of the molecule is CCCNC(=O)NC(=O)CN(C)c1ccccc1. The van der Waals surface area contributed by atoms with Crippen LogP contribution in [0.3, 0.4) is 0 Å². The summed E-state index contributed by atoms with van der Waals surface area (Å²) in [6, 6.07) is 9.09. The molecule has 3 amide bonds. The van der Waals surface area contributed by atoms with Crippen molar-refractivity contribution in [2.75, 3.05) is 25.0 Å². The van der Waals surface area contributed by atoms with Gasteiger partial charge in [0.1, 0.15) is 0 Å². The fraction of sp³-hybridized carbons (Fsp3) is 0.385. The molecule has 1 aromatic rings. The number of nitrogens with one attached hydrogen (secondary N) is 2. The molecule has 0 heterocycles. The summed E-state index contributed by atoms with van der Waals surface area (Å²) < 4.78 is 0. The van der Waals surface area contributed by atoms with E-state index in [4.69, 9.17) is 0 Å². The van der Waals surface area contributed by atoms with E-state index < -0.39 is 6.03 Å². The van der Waals surface area contributed by atoms with Crippen molar-refractivity contribution in [2.24, 2.45) is 0 Å². The third-order valence-corrected chi connectivity index (χ3v) is 2.37. The van der Waals surface area contributed by atoms with Gasteiger partial charge >= 0.3 is 6.03 Å². The molecule has 0 unspecified atom stereocenters. The molecular formula is C13H19N3O2. The molecule has 0 bridgehead atoms. The molecule has 5 heteroatoms. The lowest BCUT2D eigenvalue weighted by atomic mass is 10.3. The second kappa shape index (κ2) is 7.32. The predicted octanol–water partition coefficient (Wildman–Crippen LogP) is 1.36. The van der Waals surface area contributed by atoms with Crippen LogP contribution in [0.5, 0.6) is 0 Å². The minimum Gasteiger partial charge on any atom is -0.365 e. The molecule has 1 rings (SSSR count). The van der Waals surface area contributed by atoms with E-state index in [0.29, 0.717) is 6.54 Å². The summed E-state index contributed by atoms with van der Waals surface area (Å²) in [6.45, 7) is 2.66. The van der Waals surface area contributed by atoms with Crippen molar-refractivity contribution in [3.05, 3.63) is 30.3 Å². The number of hydrogen-bond donors (Lipinski definition) is 2. The smallest absolute Gasteiger partial charge is 0.321 e. The Morgan fingerprint density at radius 2 is 1.89 bits per heavy atom. The summed E-state index contributed by atoms with van der Waals surface area (Å²) in [5.41, 5.74) is 0.932. The van der Waals surface area contributed by atoms with Gasteiger partial charge in [-0.1, -0.05) is 25.1 Å². The Labute approximate surface area is 107 Å². The molecule has 0 aliphatic rings. The van der Waals surface area contributed by atoms with E-state index in [2.05, 4.69) is 10.6 Å². The normalized spacial score (nSPS) is 9.67.